The first kappa shape index (κ1) is 22.3. The number of anilines is 1. The Morgan fingerprint density at radius 1 is 0.939 bits per heavy atom. The second-order valence-electron chi connectivity index (χ2n) is 8.30. The van der Waals surface area contributed by atoms with Gasteiger partial charge in [0.2, 0.25) is 0 Å². The minimum atomic E-state index is -0.544. The molecule has 3 aromatic rings. The zero-order valence-corrected chi connectivity index (χ0v) is 19.1. The Hall–Kier alpha value is -3.87. The van der Waals surface area contributed by atoms with Gasteiger partial charge < -0.3 is 19.8 Å². The van der Waals surface area contributed by atoms with Crippen LogP contribution in [0.15, 0.2) is 47.3 Å². The summed E-state index contributed by atoms with van der Waals surface area (Å²) in [5.74, 6) is 0.414. The van der Waals surface area contributed by atoms with E-state index in [4.69, 9.17) is 9.47 Å². The number of carbonyl (C=O) groups excluding carboxylic acids is 2. The van der Waals surface area contributed by atoms with E-state index in [1.165, 1.54) is 6.07 Å². The molecule has 0 bridgehead atoms. The van der Waals surface area contributed by atoms with Crippen LogP contribution in [0, 0.1) is 13.8 Å². The third kappa shape index (κ3) is 4.39. The van der Waals surface area contributed by atoms with E-state index < -0.39 is 11.5 Å². The normalized spacial score (nSPS) is 15.0. The van der Waals surface area contributed by atoms with Gasteiger partial charge in [-0.25, -0.2) is 0 Å². The number of amides is 1. The Bertz CT molecular complexity index is 1310. The summed E-state index contributed by atoms with van der Waals surface area (Å²) in [5.41, 5.74) is 3.98. The monoisotopic (exact) mass is 446 g/mol. The number of pyridine rings is 1. The molecular formula is C26H26N2O5. The maximum absolute atomic E-state index is 13.0. The maximum atomic E-state index is 13.0. The van der Waals surface area contributed by atoms with E-state index in [1.54, 1.807) is 26.4 Å². The van der Waals surface area contributed by atoms with Crippen LogP contribution in [0.1, 0.15) is 55.4 Å². The lowest BCUT2D eigenvalue weighted by atomic mass is 9.81. The predicted molar refractivity (Wildman–Crippen MR) is 126 cm³/mol. The third-order valence-electron chi connectivity index (χ3n) is 6.19. The summed E-state index contributed by atoms with van der Waals surface area (Å²) >= 11 is 0. The van der Waals surface area contributed by atoms with Crippen LogP contribution in [0.2, 0.25) is 0 Å². The van der Waals surface area contributed by atoms with Gasteiger partial charge in [-0.05, 0) is 73.2 Å². The molecule has 1 heterocycles. The van der Waals surface area contributed by atoms with Gasteiger partial charge in [0.05, 0.1) is 14.2 Å². The SMILES string of the molecule is COc1ccc([C@H]2CC(=O)c3cc(C(=O)Nc4ccc(C)c(C)c4)c(=O)[nH]c3C2)cc1OC. The molecule has 1 aliphatic rings. The summed E-state index contributed by atoms with van der Waals surface area (Å²) < 4.78 is 10.7. The molecule has 0 saturated heterocycles. The minimum Gasteiger partial charge on any atom is -0.493 e. The zero-order valence-electron chi connectivity index (χ0n) is 19.1. The molecule has 0 aliphatic heterocycles. The van der Waals surface area contributed by atoms with Crippen molar-refractivity contribution < 1.29 is 19.1 Å². The van der Waals surface area contributed by atoms with Crippen LogP contribution in [0.3, 0.4) is 0 Å². The average molecular weight is 447 g/mol. The summed E-state index contributed by atoms with van der Waals surface area (Å²) in [6.07, 6.45) is 0.748. The van der Waals surface area contributed by atoms with E-state index in [-0.39, 0.29) is 23.7 Å². The number of H-pyrrole nitrogens is 1. The van der Waals surface area contributed by atoms with Crippen LogP contribution in [0.5, 0.6) is 11.5 Å². The summed E-state index contributed by atoms with van der Waals surface area (Å²) in [4.78, 5) is 41.2. The van der Waals surface area contributed by atoms with Gasteiger partial charge in [0.1, 0.15) is 5.56 Å². The molecule has 1 amide bonds. The topological polar surface area (TPSA) is 97.5 Å². The molecule has 1 atom stereocenters. The molecule has 7 nitrogen and oxygen atoms in total. The van der Waals surface area contributed by atoms with Gasteiger partial charge in [0.15, 0.2) is 17.3 Å². The number of ketones is 1. The number of methoxy groups -OCH3 is 2. The number of ether oxygens (including phenoxy) is 2. The zero-order chi connectivity index (χ0) is 23.7. The number of Topliss-reactive ketones (excluding diaryl/α,β-unsaturated/α-hetero) is 1. The Balaban J connectivity index is 1.61. The molecule has 0 unspecified atom stereocenters. The number of aryl methyl sites for hydroxylation is 2. The number of rotatable bonds is 5. The molecule has 1 aliphatic carbocycles. The van der Waals surface area contributed by atoms with Crippen molar-refractivity contribution in [3.05, 3.63) is 86.3 Å². The summed E-state index contributed by atoms with van der Waals surface area (Å²) in [6.45, 7) is 3.93. The largest absolute Gasteiger partial charge is 0.493 e. The molecule has 0 saturated carbocycles. The highest BCUT2D eigenvalue weighted by atomic mass is 16.5. The summed E-state index contributed by atoms with van der Waals surface area (Å²) in [5, 5.41) is 2.75. The van der Waals surface area contributed by atoms with Crippen molar-refractivity contribution >= 4 is 17.4 Å². The van der Waals surface area contributed by atoms with Gasteiger partial charge in [0.25, 0.3) is 11.5 Å². The fourth-order valence-electron chi connectivity index (χ4n) is 4.16. The van der Waals surface area contributed by atoms with Crippen molar-refractivity contribution in [3.63, 3.8) is 0 Å². The predicted octanol–water partition coefficient (Wildman–Crippen LogP) is 4.17. The molecule has 4 rings (SSSR count). The lowest BCUT2D eigenvalue weighted by Crippen LogP contribution is -2.29. The fraction of sp³-hybridized carbons (Fsp3) is 0.269. The fourth-order valence-corrected chi connectivity index (χ4v) is 4.16. The molecule has 0 radical (unpaired) electrons. The number of hydrogen-bond acceptors (Lipinski definition) is 5. The molecule has 2 N–H and O–H groups in total. The minimum absolute atomic E-state index is 0.0788. The molecule has 0 spiro atoms. The Morgan fingerprint density at radius 3 is 2.39 bits per heavy atom. The van der Waals surface area contributed by atoms with Crippen LogP contribution >= 0.6 is 0 Å². The van der Waals surface area contributed by atoms with E-state index in [0.29, 0.717) is 34.9 Å². The van der Waals surface area contributed by atoms with Crippen molar-refractivity contribution in [1.29, 1.82) is 0 Å². The molecule has 2 aromatic carbocycles. The quantitative estimate of drug-likeness (QED) is 0.613. The molecule has 7 heteroatoms. The van der Waals surface area contributed by atoms with Crippen LogP contribution in [-0.4, -0.2) is 30.9 Å². The Morgan fingerprint density at radius 2 is 1.70 bits per heavy atom. The van der Waals surface area contributed by atoms with Gasteiger partial charge in [-0.1, -0.05) is 12.1 Å². The number of aromatic nitrogens is 1. The van der Waals surface area contributed by atoms with Gasteiger partial charge >= 0.3 is 0 Å². The lowest BCUT2D eigenvalue weighted by Gasteiger charge is -2.24. The average Bonchev–Trinajstić information content (AvgIpc) is 2.80. The number of benzene rings is 2. The molecule has 1 aromatic heterocycles. The van der Waals surface area contributed by atoms with Crippen LogP contribution in [0.25, 0.3) is 0 Å². The summed E-state index contributed by atoms with van der Waals surface area (Å²) in [7, 11) is 3.13. The van der Waals surface area contributed by atoms with Crippen LogP contribution in [-0.2, 0) is 6.42 Å². The van der Waals surface area contributed by atoms with E-state index in [1.807, 2.05) is 38.1 Å². The highest BCUT2D eigenvalue weighted by Crippen LogP contribution is 2.36. The highest BCUT2D eigenvalue weighted by Gasteiger charge is 2.29. The molecule has 33 heavy (non-hydrogen) atoms. The van der Waals surface area contributed by atoms with E-state index in [0.717, 1.165) is 16.7 Å². The second-order valence-corrected chi connectivity index (χ2v) is 8.30. The molecule has 0 fully saturated rings. The van der Waals surface area contributed by atoms with Crippen molar-refractivity contribution in [2.45, 2.75) is 32.6 Å². The van der Waals surface area contributed by atoms with Crippen molar-refractivity contribution in [3.8, 4) is 11.5 Å². The van der Waals surface area contributed by atoms with Gasteiger partial charge in [0, 0.05) is 23.4 Å². The van der Waals surface area contributed by atoms with E-state index in [9.17, 15) is 14.4 Å². The highest BCUT2D eigenvalue weighted by molar-refractivity contribution is 6.06. The lowest BCUT2D eigenvalue weighted by molar-refractivity contribution is 0.0963. The first-order chi connectivity index (χ1) is 15.8. The first-order valence-electron chi connectivity index (χ1n) is 10.7. The second kappa shape index (κ2) is 8.94. The van der Waals surface area contributed by atoms with Crippen LogP contribution in [0.4, 0.5) is 5.69 Å². The Labute approximate surface area is 191 Å². The number of aromatic amines is 1. The molecule has 170 valence electrons. The third-order valence-corrected chi connectivity index (χ3v) is 6.19. The summed E-state index contributed by atoms with van der Waals surface area (Å²) in [6, 6.07) is 12.5. The maximum Gasteiger partial charge on any atom is 0.261 e. The van der Waals surface area contributed by atoms with Crippen molar-refractivity contribution in [1.82, 2.24) is 4.98 Å². The number of fused-ring (bicyclic) bond motifs is 1. The van der Waals surface area contributed by atoms with E-state index in [2.05, 4.69) is 10.3 Å². The molecular weight excluding hydrogens is 420 g/mol. The van der Waals surface area contributed by atoms with Crippen LogP contribution < -0.4 is 20.3 Å². The Kier molecular flexibility index (Phi) is 6.05. The number of carbonyl (C=O) groups is 2. The van der Waals surface area contributed by atoms with Gasteiger partial charge in [-0.2, -0.15) is 0 Å². The van der Waals surface area contributed by atoms with Gasteiger partial charge in [-0.15, -0.1) is 0 Å². The van der Waals surface area contributed by atoms with Crippen molar-refractivity contribution in [2.75, 3.05) is 19.5 Å². The first-order valence-corrected chi connectivity index (χ1v) is 10.7. The van der Waals surface area contributed by atoms with Gasteiger partial charge in [-0.3, -0.25) is 14.4 Å². The number of hydrogen-bond donors (Lipinski definition) is 2. The smallest absolute Gasteiger partial charge is 0.261 e. The number of nitrogens with one attached hydrogen (secondary N) is 2. The van der Waals surface area contributed by atoms with E-state index >= 15 is 0 Å². The standard InChI is InChI=1S/C26H26N2O5/c1-14-5-7-18(9-15(14)2)27-25(30)20-13-19-21(28-26(20)31)10-17(11-22(19)29)16-6-8-23(32-3)24(12-16)33-4/h5-9,12-13,17H,10-11H2,1-4H3,(H,27,30)(H,28,31)/t17-/m1/s1. The van der Waals surface area contributed by atoms with Crippen molar-refractivity contribution in [2.24, 2.45) is 0 Å².